The maximum atomic E-state index is 11.6. The third kappa shape index (κ3) is 4.51. The van der Waals surface area contributed by atoms with Crippen molar-refractivity contribution in [1.82, 2.24) is 5.32 Å². The van der Waals surface area contributed by atoms with Gasteiger partial charge in [0.1, 0.15) is 5.78 Å². The molecule has 0 bridgehead atoms. The third-order valence-corrected chi connectivity index (χ3v) is 3.26. The Balaban J connectivity index is 2.78. The van der Waals surface area contributed by atoms with Crippen LogP contribution in [-0.2, 0) is 15.0 Å². The zero-order chi connectivity index (χ0) is 14.6. The van der Waals surface area contributed by atoms with Crippen molar-refractivity contribution in [2.24, 2.45) is 0 Å². The minimum atomic E-state index is -0.203. The Morgan fingerprint density at radius 3 is 2.42 bits per heavy atom. The Labute approximate surface area is 115 Å². The number of carbonyl (C=O) groups excluding carboxylic acids is 2. The molecule has 0 saturated carbocycles. The van der Waals surface area contributed by atoms with Gasteiger partial charge in [0.05, 0.1) is 6.42 Å². The fraction of sp³-hybridized carbons (Fsp3) is 0.500. The highest BCUT2D eigenvalue weighted by atomic mass is 16.2. The number of aryl methyl sites for hydroxylation is 2. The van der Waals surface area contributed by atoms with Gasteiger partial charge in [0.2, 0.25) is 5.91 Å². The van der Waals surface area contributed by atoms with E-state index in [1.807, 2.05) is 0 Å². The van der Waals surface area contributed by atoms with Gasteiger partial charge in [-0.3, -0.25) is 9.59 Å². The lowest BCUT2D eigenvalue weighted by Gasteiger charge is -2.28. The summed E-state index contributed by atoms with van der Waals surface area (Å²) in [4.78, 5) is 22.4. The van der Waals surface area contributed by atoms with Crippen molar-refractivity contribution >= 4 is 11.7 Å². The highest BCUT2D eigenvalue weighted by Gasteiger charge is 2.23. The molecule has 19 heavy (non-hydrogen) atoms. The summed E-state index contributed by atoms with van der Waals surface area (Å²) >= 11 is 0. The smallest absolute Gasteiger partial charge is 0.227 e. The molecule has 1 N–H and O–H groups in total. The van der Waals surface area contributed by atoms with E-state index in [1.54, 1.807) is 0 Å². The molecule has 1 amide bonds. The lowest BCUT2D eigenvalue weighted by molar-refractivity contribution is -0.127. The predicted octanol–water partition coefficient (Wildman–Crippen LogP) is 2.68. The number of Topliss-reactive ketones (excluding diaryl/α,β-unsaturated/α-hetero) is 1. The second-order valence-corrected chi connectivity index (χ2v) is 5.86. The van der Waals surface area contributed by atoms with Crippen molar-refractivity contribution in [1.29, 1.82) is 0 Å². The maximum Gasteiger partial charge on any atom is 0.227 e. The Morgan fingerprint density at radius 1 is 1.21 bits per heavy atom. The molecule has 104 valence electrons. The summed E-state index contributed by atoms with van der Waals surface area (Å²) in [6, 6.07) is 6.35. The summed E-state index contributed by atoms with van der Waals surface area (Å²) in [6.07, 6.45) is -0.0388. The fourth-order valence-corrected chi connectivity index (χ4v) is 2.17. The van der Waals surface area contributed by atoms with Gasteiger partial charge in [0.15, 0.2) is 0 Å². The van der Waals surface area contributed by atoms with Crippen LogP contribution in [0.2, 0.25) is 0 Å². The zero-order valence-electron chi connectivity index (χ0n) is 12.5. The molecule has 0 aliphatic heterocycles. The Hall–Kier alpha value is -1.64. The summed E-state index contributed by atoms with van der Waals surface area (Å²) in [7, 11) is 0. The molecule has 1 rings (SSSR count). The topological polar surface area (TPSA) is 46.2 Å². The van der Waals surface area contributed by atoms with Crippen molar-refractivity contribution in [3.63, 3.8) is 0 Å². The Kier molecular flexibility index (Phi) is 4.87. The number of hydrogen-bond donors (Lipinski definition) is 1. The first kappa shape index (κ1) is 15.4. The van der Waals surface area contributed by atoms with Crippen LogP contribution in [0.15, 0.2) is 18.2 Å². The molecule has 0 spiro atoms. The molecule has 0 aliphatic rings. The molecule has 0 radical (unpaired) electrons. The molecule has 0 aromatic heterocycles. The van der Waals surface area contributed by atoms with E-state index in [4.69, 9.17) is 0 Å². The highest BCUT2D eigenvalue weighted by molar-refractivity contribution is 5.96. The van der Waals surface area contributed by atoms with E-state index in [2.05, 4.69) is 51.2 Å². The van der Waals surface area contributed by atoms with E-state index in [0.29, 0.717) is 6.54 Å². The lowest BCUT2D eigenvalue weighted by Crippen LogP contribution is -2.37. The second kappa shape index (κ2) is 6.00. The first-order valence-corrected chi connectivity index (χ1v) is 6.56. The Morgan fingerprint density at radius 2 is 1.84 bits per heavy atom. The second-order valence-electron chi connectivity index (χ2n) is 5.86. The van der Waals surface area contributed by atoms with E-state index in [0.717, 1.165) is 0 Å². The van der Waals surface area contributed by atoms with E-state index < -0.39 is 0 Å². The summed E-state index contributed by atoms with van der Waals surface area (Å²) in [5.74, 6) is -0.312. The van der Waals surface area contributed by atoms with E-state index >= 15 is 0 Å². The van der Waals surface area contributed by atoms with Crippen LogP contribution in [0, 0.1) is 13.8 Å². The van der Waals surface area contributed by atoms with Crippen molar-refractivity contribution < 1.29 is 9.59 Å². The first-order valence-electron chi connectivity index (χ1n) is 6.56. The van der Waals surface area contributed by atoms with Crippen LogP contribution in [0.3, 0.4) is 0 Å². The molecule has 1 aromatic rings. The van der Waals surface area contributed by atoms with E-state index in [1.165, 1.54) is 23.6 Å². The molecule has 0 heterocycles. The van der Waals surface area contributed by atoms with Gasteiger partial charge in [-0.2, -0.15) is 0 Å². The number of ketones is 1. The van der Waals surface area contributed by atoms with Crippen LogP contribution in [0.1, 0.15) is 43.9 Å². The summed E-state index contributed by atoms with van der Waals surface area (Å²) in [6.45, 7) is 10.3. The van der Waals surface area contributed by atoms with Crippen molar-refractivity contribution in [3.8, 4) is 0 Å². The van der Waals surface area contributed by atoms with Gasteiger partial charge < -0.3 is 5.32 Å². The third-order valence-electron chi connectivity index (χ3n) is 3.26. The van der Waals surface area contributed by atoms with Gasteiger partial charge in [-0.15, -0.1) is 0 Å². The average Bonchev–Trinajstić information content (AvgIpc) is 2.29. The van der Waals surface area contributed by atoms with Gasteiger partial charge in [-0.25, -0.2) is 0 Å². The number of benzene rings is 1. The SMILES string of the molecule is CC(=O)CC(=O)NCC(C)(C)c1cc(C)ccc1C. The standard InChI is InChI=1S/C16H23NO2/c1-11-6-7-12(2)14(8-11)16(4,5)10-17-15(19)9-13(3)18/h6-8H,9-10H2,1-5H3,(H,17,19). The predicted molar refractivity (Wildman–Crippen MR) is 77.2 cm³/mol. The van der Waals surface area contributed by atoms with E-state index in [-0.39, 0.29) is 23.5 Å². The summed E-state index contributed by atoms with van der Waals surface area (Å²) in [5.41, 5.74) is 3.51. The number of nitrogens with one attached hydrogen (secondary N) is 1. The number of rotatable bonds is 5. The normalized spacial score (nSPS) is 11.2. The largest absolute Gasteiger partial charge is 0.355 e. The van der Waals surface area contributed by atoms with Crippen molar-refractivity contribution in [3.05, 3.63) is 34.9 Å². The number of carbonyl (C=O) groups is 2. The van der Waals surface area contributed by atoms with Gasteiger partial charge in [-0.05, 0) is 31.9 Å². The molecular weight excluding hydrogens is 238 g/mol. The molecule has 0 saturated heterocycles. The molecule has 0 fully saturated rings. The number of amides is 1. The molecule has 3 nitrogen and oxygen atoms in total. The molecule has 1 aromatic carbocycles. The molecule has 0 atom stereocenters. The van der Waals surface area contributed by atoms with Gasteiger partial charge >= 0.3 is 0 Å². The van der Waals surface area contributed by atoms with Crippen LogP contribution in [-0.4, -0.2) is 18.2 Å². The van der Waals surface area contributed by atoms with Gasteiger partial charge in [0, 0.05) is 12.0 Å². The highest BCUT2D eigenvalue weighted by Crippen LogP contribution is 2.26. The molecule has 0 unspecified atom stereocenters. The lowest BCUT2D eigenvalue weighted by atomic mass is 9.81. The molecule has 3 heteroatoms. The fourth-order valence-electron chi connectivity index (χ4n) is 2.17. The van der Waals surface area contributed by atoms with Crippen LogP contribution in [0.25, 0.3) is 0 Å². The monoisotopic (exact) mass is 261 g/mol. The summed E-state index contributed by atoms with van der Waals surface area (Å²) in [5, 5.41) is 2.84. The van der Waals surface area contributed by atoms with Gasteiger partial charge in [0.25, 0.3) is 0 Å². The van der Waals surface area contributed by atoms with E-state index in [9.17, 15) is 9.59 Å². The Bertz CT molecular complexity index is 490. The maximum absolute atomic E-state index is 11.6. The average molecular weight is 261 g/mol. The minimum Gasteiger partial charge on any atom is -0.355 e. The molecule has 0 aliphatic carbocycles. The zero-order valence-corrected chi connectivity index (χ0v) is 12.5. The van der Waals surface area contributed by atoms with Crippen LogP contribution in [0.4, 0.5) is 0 Å². The van der Waals surface area contributed by atoms with Gasteiger partial charge in [-0.1, -0.05) is 37.6 Å². The van der Waals surface area contributed by atoms with Crippen LogP contribution in [0.5, 0.6) is 0 Å². The molecular formula is C16H23NO2. The first-order chi connectivity index (χ1) is 8.72. The number of hydrogen-bond acceptors (Lipinski definition) is 2. The minimum absolute atomic E-state index is 0.0388. The van der Waals surface area contributed by atoms with Crippen LogP contribution < -0.4 is 5.32 Å². The quantitative estimate of drug-likeness (QED) is 0.828. The van der Waals surface area contributed by atoms with Crippen molar-refractivity contribution in [2.75, 3.05) is 6.54 Å². The van der Waals surface area contributed by atoms with Crippen molar-refractivity contribution in [2.45, 2.75) is 46.5 Å². The van der Waals surface area contributed by atoms with Crippen LogP contribution >= 0.6 is 0 Å². The summed E-state index contributed by atoms with van der Waals surface area (Å²) < 4.78 is 0.